The normalized spacial score (nSPS) is 21.6. The zero-order chi connectivity index (χ0) is 12.7. The van der Waals surface area contributed by atoms with E-state index in [1.54, 1.807) is 13.8 Å². The molecule has 1 fully saturated rings. The SMILES string of the molecule is CCOC(=O)C(C)CNC(=O)C1CNCCO1. The Kier molecular flexibility index (Phi) is 5.93. The van der Waals surface area contributed by atoms with Crippen LogP contribution in [-0.2, 0) is 19.1 Å². The molecule has 6 heteroatoms. The van der Waals surface area contributed by atoms with Gasteiger partial charge in [-0.15, -0.1) is 0 Å². The minimum Gasteiger partial charge on any atom is -0.466 e. The van der Waals surface area contributed by atoms with Crippen molar-refractivity contribution in [1.29, 1.82) is 0 Å². The third kappa shape index (κ3) is 4.70. The molecular formula is C11H20N2O4. The lowest BCUT2D eigenvalue weighted by Gasteiger charge is -2.23. The monoisotopic (exact) mass is 244 g/mol. The van der Waals surface area contributed by atoms with E-state index in [9.17, 15) is 9.59 Å². The van der Waals surface area contributed by atoms with Gasteiger partial charge in [0.2, 0.25) is 5.91 Å². The largest absolute Gasteiger partial charge is 0.466 e. The van der Waals surface area contributed by atoms with E-state index in [1.807, 2.05) is 0 Å². The highest BCUT2D eigenvalue weighted by molar-refractivity contribution is 5.82. The van der Waals surface area contributed by atoms with E-state index in [2.05, 4.69) is 10.6 Å². The summed E-state index contributed by atoms with van der Waals surface area (Å²) in [6.45, 7) is 5.92. The fourth-order valence-corrected chi connectivity index (χ4v) is 1.47. The van der Waals surface area contributed by atoms with Gasteiger partial charge in [-0.1, -0.05) is 6.92 Å². The first-order chi connectivity index (χ1) is 8.15. The highest BCUT2D eigenvalue weighted by Crippen LogP contribution is 1.99. The molecule has 0 aromatic carbocycles. The van der Waals surface area contributed by atoms with Gasteiger partial charge in [-0.05, 0) is 6.92 Å². The number of ether oxygens (including phenoxy) is 2. The number of rotatable bonds is 5. The van der Waals surface area contributed by atoms with Crippen LogP contribution in [0.25, 0.3) is 0 Å². The van der Waals surface area contributed by atoms with Crippen molar-refractivity contribution in [2.24, 2.45) is 5.92 Å². The third-order valence-corrected chi connectivity index (χ3v) is 2.49. The maximum atomic E-state index is 11.7. The summed E-state index contributed by atoms with van der Waals surface area (Å²) in [6, 6.07) is 0. The van der Waals surface area contributed by atoms with Gasteiger partial charge in [0.05, 0.1) is 19.1 Å². The Balaban J connectivity index is 2.24. The van der Waals surface area contributed by atoms with Gasteiger partial charge in [-0.2, -0.15) is 0 Å². The van der Waals surface area contributed by atoms with Crippen LogP contribution in [0.15, 0.2) is 0 Å². The lowest BCUT2D eigenvalue weighted by molar-refractivity contribution is -0.147. The van der Waals surface area contributed by atoms with Crippen molar-refractivity contribution in [2.45, 2.75) is 20.0 Å². The minimum atomic E-state index is -0.460. The van der Waals surface area contributed by atoms with Crippen LogP contribution in [0.3, 0.4) is 0 Å². The van der Waals surface area contributed by atoms with Crippen LogP contribution in [-0.4, -0.2) is 50.8 Å². The Hall–Kier alpha value is -1.14. The molecule has 1 heterocycles. The second-order valence-electron chi connectivity index (χ2n) is 3.96. The molecule has 1 aliphatic heterocycles. The Morgan fingerprint density at radius 1 is 1.59 bits per heavy atom. The maximum Gasteiger partial charge on any atom is 0.310 e. The van der Waals surface area contributed by atoms with Crippen LogP contribution in [0.2, 0.25) is 0 Å². The van der Waals surface area contributed by atoms with Gasteiger partial charge in [-0.3, -0.25) is 9.59 Å². The average Bonchev–Trinajstić information content (AvgIpc) is 2.36. The molecule has 0 spiro atoms. The van der Waals surface area contributed by atoms with Gasteiger partial charge in [0, 0.05) is 19.6 Å². The molecule has 0 radical (unpaired) electrons. The molecule has 2 unspecified atom stereocenters. The van der Waals surface area contributed by atoms with Gasteiger partial charge in [0.15, 0.2) is 0 Å². The first-order valence-corrected chi connectivity index (χ1v) is 5.91. The van der Waals surface area contributed by atoms with Gasteiger partial charge in [0.1, 0.15) is 6.10 Å². The number of hydrogen-bond donors (Lipinski definition) is 2. The summed E-state index contributed by atoms with van der Waals surface area (Å²) in [5, 5.41) is 5.76. The Morgan fingerprint density at radius 2 is 2.35 bits per heavy atom. The lowest BCUT2D eigenvalue weighted by atomic mass is 10.2. The topological polar surface area (TPSA) is 76.7 Å². The van der Waals surface area contributed by atoms with Gasteiger partial charge in [-0.25, -0.2) is 0 Å². The van der Waals surface area contributed by atoms with E-state index < -0.39 is 6.10 Å². The molecule has 2 N–H and O–H groups in total. The van der Waals surface area contributed by atoms with Crippen molar-refractivity contribution >= 4 is 11.9 Å². The number of esters is 1. The summed E-state index contributed by atoms with van der Waals surface area (Å²) in [7, 11) is 0. The predicted octanol–water partition coefficient (Wildman–Crippen LogP) is -0.710. The van der Waals surface area contributed by atoms with Crippen LogP contribution in [0.1, 0.15) is 13.8 Å². The summed E-state index contributed by atoms with van der Waals surface area (Å²) < 4.78 is 10.1. The molecule has 1 amide bonds. The smallest absolute Gasteiger partial charge is 0.310 e. The molecule has 0 aromatic rings. The van der Waals surface area contributed by atoms with E-state index in [-0.39, 0.29) is 24.3 Å². The van der Waals surface area contributed by atoms with Crippen molar-refractivity contribution in [2.75, 3.05) is 32.8 Å². The number of hydrogen-bond acceptors (Lipinski definition) is 5. The molecule has 0 aliphatic carbocycles. The van der Waals surface area contributed by atoms with Gasteiger partial charge < -0.3 is 20.1 Å². The molecule has 0 aromatic heterocycles. The van der Waals surface area contributed by atoms with Crippen molar-refractivity contribution in [3.05, 3.63) is 0 Å². The molecule has 1 saturated heterocycles. The van der Waals surface area contributed by atoms with E-state index in [1.165, 1.54) is 0 Å². The van der Waals surface area contributed by atoms with Crippen LogP contribution < -0.4 is 10.6 Å². The highest BCUT2D eigenvalue weighted by atomic mass is 16.5. The Bertz CT molecular complexity index is 264. The molecule has 17 heavy (non-hydrogen) atoms. The minimum absolute atomic E-state index is 0.187. The Morgan fingerprint density at radius 3 is 2.94 bits per heavy atom. The van der Waals surface area contributed by atoms with Gasteiger partial charge >= 0.3 is 5.97 Å². The summed E-state index contributed by atoms with van der Waals surface area (Å²) in [6.07, 6.45) is -0.460. The quantitative estimate of drug-likeness (QED) is 0.625. The van der Waals surface area contributed by atoms with E-state index in [4.69, 9.17) is 9.47 Å². The fourth-order valence-electron chi connectivity index (χ4n) is 1.47. The highest BCUT2D eigenvalue weighted by Gasteiger charge is 2.23. The van der Waals surface area contributed by atoms with Crippen LogP contribution in [0.4, 0.5) is 0 Å². The molecule has 1 aliphatic rings. The number of nitrogens with one attached hydrogen (secondary N) is 2. The maximum absolute atomic E-state index is 11.7. The summed E-state index contributed by atoms with van der Waals surface area (Å²) in [5.41, 5.74) is 0. The molecular weight excluding hydrogens is 224 g/mol. The fraction of sp³-hybridized carbons (Fsp3) is 0.818. The number of morpholine rings is 1. The Labute approximate surface area is 101 Å². The first-order valence-electron chi connectivity index (χ1n) is 5.91. The van der Waals surface area contributed by atoms with Crippen molar-refractivity contribution in [3.63, 3.8) is 0 Å². The van der Waals surface area contributed by atoms with Crippen molar-refractivity contribution < 1.29 is 19.1 Å². The number of amides is 1. The van der Waals surface area contributed by atoms with Gasteiger partial charge in [0.25, 0.3) is 0 Å². The number of carbonyl (C=O) groups excluding carboxylic acids is 2. The molecule has 1 rings (SSSR count). The molecule has 98 valence electrons. The second-order valence-corrected chi connectivity index (χ2v) is 3.96. The second kappa shape index (κ2) is 7.24. The lowest BCUT2D eigenvalue weighted by Crippen LogP contribution is -2.48. The summed E-state index contributed by atoms with van der Waals surface area (Å²) in [4.78, 5) is 23.0. The standard InChI is InChI=1S/C11H20N2O4/c1-3-16-11(15)8(2)6-13-10(14)9-7-12-4-5-17-9/h8-9,12H,3-7H2,1-2H3,(H,13,14). The van der Waals surface area contributed by atoms with Crippen LogP contribution >= 0.6 is 0 Å². The number of carbonyl (C=O) groups is 2. The van der Waals surface area contributed by atoms with Crippen molar-refractivity contribution in [3.8, 4) is 0 Å². The van der Waals surface area contributed by atoms with Crippen LogP contribution in [0, 0.1) is 5.92 Å². The van der Waals surface area contributed by atoms with Crippen molar-refractivity contribution in [1.82, 2.24) is 10.6 Å². The van der Waals surface area contributed by atoms with E-state index >= 15 is 0 Å². The zero-order valence-electron chi connectivity index (χ0n) is 10.3. The third-order valence-electron chi connectivity index (χ3n) is 2.49. The molecule has 6 nitrogen and oxygen atoms in total. The zero-order valence-corrected chi connectivity index (χ0v) is 10.3. The molecule has 2 atom stereocenters. The molecule has 0 saturated carbocycles. The predicted molar refractivity (Wildman–Crippen MR) is 61.4 cm³/mol. The summed E-state index contributed by atoms with van der Waals surface area (Å²) >= 11 is 0. The average molecular weight is 244 g/mol. The molecule has 0 bridgehead atoms. The summed E-state index contributed by atoms with van der Waals surface area (Å²) in [5.74, 6) is -0.820. The van der Waals surface area contributed by atoms with Crippen LogP contribution in [0.5, 0.6) is 0 Å². The van der Waals surface area contributed by atoms with E-state index in [0.717, 1.165) is 6.54 Å². The first kappa shape index (κ1) is 13.9. The van der Waals surface area contributed by atoms with E-state index in [0.29, 0.717) is 19.8 Å².